The molecule has 2 N–H and O–H groups in total. The van der Waals surface area contributed by atoms with Gasteiger partial charge in [-0.05, 0) is 22.0 Å². The number of nitrogens with one attached hydrogen (secondary N) is 2. The Kier molecular flexibility index (Phi) is 3.80. The number of aromatic nitrogens is 2. The standard InChI is InChI=1S/C9H9BrClN3S/c10-8-1-7(15-9(8)11)5-12-2-6-3-13-14-4-6/h1,3-4,12H,2,5H2,(H,13,14). The molecule has 0 atom stereocenters. The van der Waals surface area contributed by atoms with Crippen molar-refractivity contribution in [2.45, 2.75) is 13.1 Å². The molecule has 2 rings (SSSR count). The zero-order valence-electron chi connectivity index (χ0n) is 7.76. The van der Waals surface area contributed by atoms with Gasteiger partial charge in [-0.15, -0.1) is 11.3 Å². The van der Waals surface area contributed by atoms with Gasteiger partial charge in [0.2, 0.25) is 0 Å². The van der Waals surface area contributed by atoms with Crippen molar-refractivity contribution < 1.29 is 0 Å². The average Bonchev–Trinajstić information content (AvgIpc) is 2.79. The third-order valence-corrected chi connectivity index (χ3v) is 4.35. The van der Waals surface area contributed by atoms with Crippen molar-refractivity contribution in [2.24, 2.45) is 0 Å². The number of rotatable bonds is 4. The van der Waals surface area contributed by atoms with Gasteiger partial charge in [0.15, 0.2) is 0 Å². The lowest BCUT2D eigenvalue weighted by molar-refractivity contribution is 0.701. The van der Waals surface area contributed by atoms with Gasteiger partial charge in [0.05, 0.1) is 6.20 Å². The van der Waals surface area contributed by atoms with Gasteiger partial charge < -0.3 is 5.32 Å². The number of hydrogen-bond acceptors (Lipinski definition) is 3. The minimum atomic E-state index is 0.801. The molecule has 80 valence electrons. The van der Waals surface area contributed by atoms with E-state index in [0.29, 0.717) is 0 Å². The van der Waals surface area contributed by atoms with Gasteiger partial charge in [0.1, 0.15) is 4.34 Å². The summed E-state index contributed by atoms with van der Waals surface area (Å²) < 4.78 is 1.77. The predicted octanol–water partition coefficient (Wildman–Crippen LogP) is 3.18. The van der Waals surface area contributed by atoms with E-state index in [1.807, 2.05) is 18.5 Å². The van der Waals surface area contributed by atoms with E-state index in [0.717, 1.165) is 27.5 Å². The Morgan fingerprint density at radius 1 is 1.53 bits per heavy atom. The fourth-order valence-electron chi connectivity index (χ4n) is 1.18. The van der Waals surface area contributed by atoms with Gasteiger partial charge in [-0.1, -0.05) is 11.6 Å². The topological polar surface area (TPSA) is 40.7 Å². The summed E-state index contributed by atoms with van der Waals surface area (Å²) >= 11 is 10.9. The first kappa shape index (κ1) is 11.1. The normalized spacial score (nSPS) is 10.8. The van der Waals surface area contributed by atoms with Crippen LogP contribution in [0.5, 0.6) is 0 Å². The van der Waals surface area contributed by atoms with E-state index in [9.17, 15) is 0 Å². The van der Waals surface area contributed by atoms with E-state index >= 15 is 0 Å². The molecule has 6 heteroatoms. The highest BCUT2D eigenvalue weighted by atomic mass is 79.9. The highest BCUT2D eigenvalue weighted by Crippen LogP contribution is 2.31. The Bertz CT molecular complexity index is 407. The van der Waals surface area contributed by atoms with Crippen LogP contribution in [0.1, 0.15) is 10.4 Å². The van der Waals surface area contributed by atoms with Crippen molar-refractivity contribution in [3.05, 3.63) is 37.7 Å². The highest BCUT2D eigenvalue weighted by Gasteiger charge is 2.03. The number of nitrogens with zero attached hydrogens (tertiary/aromatic N) is 1. The number of aromatic amines is 1. The summed E-state index contributed by atoms with van der Waals surface area (Å²) in [6.07, 6.45) is 3.69. The molecule has 0 aromatic carbocycles. The first-order valence-electron chi connectivity index (χ1n) is 4.38. The molecule has 2 heterocycles. The number of halogens is 2. The smallest absolute Gasteiger partial charge is 0.107 e. The predicted molar refractivity (Wildman–Crippen MR) is 66.2 cm³/mol. The Hall–Kier alpha value is -0.360. The lowest BCUT2D eigenvalue weighted by Gasteiger charge is -1.99. The Labute approximate surface area is 105 Å². The summed E-state index contributed by atoms with van der Waals surface area (Å²) in [6, 6.07) is 2.04. The van der Waals surface area contributed by atoms with Crippen molar-refractivity contribution in [2.75, 3.05) is 0 Å². The molecule has 0 aliphatic heterocycles. The van der Waals surface area contributed by atoms with Crippen LogP contribution in [-0.2, 0) is 13.1 Å². The number of hydrogen-bond donors (Lipinski definition) is 2. The summed E-state index contributed by atoms with van der Waals surface area (Å²) in [5, 5.41) is 9.97. The first-order chi connectivity index (χ1) is 7.25. The lowest BCUT2D eigenvalue weighted by atomic mass is 10.3. The Morgan fingerprint density at radius 2 is 2.40 bits per heavy atom. The van der Waals surface area contributed by atoms with Crippen LogP contribution in [0, 0.1) is 0 Å². The quantitative estimate of drug-likeness (QED) is 0.911. The van der Waals surface area contributed by atoms with Crippen LogP contribution in [0.25, 0.3) is 0 Å². The third kappa shape index (κ3) is 3.04. The minimum absolute atomic E-state index is 0.801. The van der Waals surface area contributed by atoms with Crippen LogP contribution in [-0.4, -0.2) is 10.2 Å². The maximum absolute atomic E-state index is 5.94. The van der Waals surface area contributed by atoms with E-state index in [-0.39, 0.29) is 0 Å². The zero-order chi connectivity index (χ0) is 10.7. The largest absolute Gasteiger partial charge is 0.308 e. The summed E-state index contributed by atoms with van der Waals surface area (Å²) in [5.41, 5.74) is 1.15. The third-order valence-electron chi connectivity index (χ3n) is 1.88. The van der Waals surface area contributed by atoms with Crippen molar-refractivity contribution in [3.63, 3.8) is 0 Å². The number of thiophene rings is 1. The number of H-pyrrole nitrogens is 1. The maximum Gasteiger partial charge on any atom is 0.107 e. The van der Waals surface area contributed by atoms with E-state index in [1.165, 1.54) is 4.88 Å². The molecule has 3 nitrogen and oxygen atoms in total. The van der Waals surface area contributed by atoms with Gasteiger partial charge >= 0.3 is 0 Å². The summed E-state index contributed by atoms with van der Waals surface area (Å²) in [4.78, 5) is 1.22. The second kappa shape index (κ2) is 5.12. The fourth-order valence-corrected chi connectivity index (χ4v) is 2.94. The molecule has 0 radical (unpaired) electrons. The van der Waals surface area contributed by atoms with Crippen LogP contribution >= 0.6 is 38.9 Å². The Morgan fingerprint density at radius 3 is 3.00 bits per heavy atom. The van der Waals surface area contributed by atoms with Crippen molar-refractivity contribution in [1.29, 1.82) is 0 Å². The van der Waals surface area contributed by atoms with E-state index < -0.39 is 0 Å². The molecule has 2 aromatic rings. The van der Waals surface area contributed by atoms with Gasteiger partial charge in [0, 0.05) is 34.2 Å². The second-order valence-corrected chi connectivity index (χ2v) is 5.64. The monoisotopic (exact) mass is 305 g/mol. The lowest BCUT2D eigenvalue weighted by Crippen LogP contribution is -2.10. The van der Waals surface area contributed by atoms with Crippen LogP contribution in [0.15, 0.2) is 22.9 Å². The first-order valence-corrected chi connectivity index (χ1v) is 6.36. The highest BCUT2D eigenvalue weighted by molar-refractivity contribution is 9.10. The van der Waals surface area contributed by atoms with Crippen LogP contribution in [0.3, 0.4) is 0 Å². The molecule has 0 saturated carbocycles. The molecule has 2 aromatic heterocycles. The summed E-state index contributed by atoms with van der Waals surface area (Å²) in [6.45, 7) is 1.63. The molecular weight excluding hydrogens is 298 g/mol. The van der Waals surface area contributed by atoms with Crippen molar-refractivity contribution in [1.82, 2.24) is 15.5 Å². The van der Waals surface area contributed by atoms with Crippen molar-refractivity contribution in [3.8, 4) is 0 Å². The average molecular weight is 307 g/mol. The Balaban J connectivity index is 1.83. The van der Waals surface area contributed by atoms with Gasteiger partial charge in [-0.2, -0.15) is 5.10 Å². The molecule has 0 aliphatic carbocycles. The van der Waals surface area contributed by atoms with E-state index in [2.05, 4.69) is 31.4 Å². The SMILES string of the molecule is Clc1sc(CNCc2cn[nH]c2)cc1Br. The zero-order valence-corrected chi connectivity index (χ0v) is 10.9. The molecular formula is C9H9BrClN3S. The summed E-state index contributed by atoms with van der Waals surface area (Å²) in [5.74, 6) is 0. The van der Waals surface area contributed by atoms with Gasteiger partial charge in [0.25, 0.3) is 0 Å². The fraction of sp³-hybridized carbons (Fsp3) is 0.222. The van der Waals surface area contributed by atoms with Crippen LogP contribution in [0.4, 0.5) is 0 Å². The van der Waals surface area contributed by atoms with Crippen molar-refractivity contribution >= 4 is 38.9 Å². The molecule has 0 bridgehead atoms. The second-order valence-electron chi connectivity index (χ2n) is 3.04. The molecule has 0 saturated heterocycles. The molecule has 0 unspecified atom stereocenters. The molecule has 0 spiro atoms. The molecule has 15 heavy (non-hydrogen) atoms. The minimum Gasteiger partial charge on any atom is -0.308 e. The summed E-state index contributed by atoms with van der Waals surface area (Å²) in [7, 11) is 0. The molecule has 0 aliphatic rings. The van der Waals surface area contributed by atoms with Gasteiger partial charge in [-0.25, -0.2) is 0 Å². The van der Waals surface area contributed by atoms with Crippen LogP contribution < -0.4 is 5.32 Å². The maximum atomic E-state index is 5.94. The van der Waals surface area contributed by atoms with E-state index in [1.54, 1.807) is 11.3 Å². The molecule has 0 amide bonds. The van der Waals surface area contributed by atoms with E-state index in [4.69, 9.17) is 11.6 Å². The van der Waals surface area contributed by atoms with Gasteiger partial charge in [-0.3, -0.25) is 5.10 Å². The molecule has 0 fully saturated rings. The van der Waals surface area contributed by atoms with Crippen LogP contribution in [0.2, 0.25) is 4.34 Å².